The van der Waals surface area contributed by atoms with E-state index in [4.69, 9.17) is 5.73 Å². The van der Waals surface area contributed by atoms with Gasteiger partial charge < -0.3 is 11.1 Å². The Morgan fingerprint density at radius 2 is 1.95 bits per heavy atom. The maximum absolute atomic E-state index is 13.8. The van der Waals surface area contributed by atoms with E-state index in [9.17, 15) is 13.6 Å². The first kappa shape index (κ1) is 13.5. The molecule has 1 unspecified atom stereocenters. The Kier molecular flexibility index (Phi) is 3.12. The van der Waals surface area contributed by atoms with Gasteiger partial charge in [-0.2, -0.15) is 0 Å². The van der Waals surface area contributed by atoms with Gasteiger partial charge >= 0.3 is 0 Å². The number of amides is 1. The summed E-state index contributed by atoms with van der Waals surface area (Å²) in [7, 11) is 0. The highest BCUT2D eigenvalue weighted by Crippen LogP contribution is 2.40. The number of benzene rings is 2. The second-order valence-electron chi connectivity index (χ2n) is 5.18. The van der Waals surface area contributed by atoms with Gasteiger partial charge in [0.2, 0.25) is 5.91 Å². The monoisotopic (exact) mass is 288 g/mol. The number of nitrogens with two attached hydrogens (primary N) is 1. The van der Waals surface area contributed by atoms with Crippen molar-refractivity contribution in [2.45, 2.75) is 18.4 Å². The zero-order valence-electron chi connectivity index (χ0n) is 11.2. The smallest absolute Gasteiger partial charge is 0.247 e. The highest BCUT2D eigenvalue weighted by atomic mass is 19.1. The number of para-hydroxylation sites is 1. The maximum atomic E-state index is 13.8. The normalized spacial score (nSPS) is 20.1. The largest absolute Gasteiger partial charge is 0.367 e. The molecule has 108 valence electrons. The summed E-state index contributed by atoms with van der Waals surface area (Å²) >= 11 is 0. The number of anilines is 1. The van der Waals surface area contributed by atoms with Crippen LogP contribution >= 0.6 is 0 Å². The average Bonchev–Trinajstić information content (AvgIpc) is 2.81. The molecule has 5 heteroatoms. The first-order chi connectivity index (χ1) is 10.0. The minimum atomic E-state index is -1.20. The van der Waals surface area contributed by atoms with E-state index in [1.165, 1.54) is 24.3 Å². The van der Waals surface area contributed by atoms with Crippen LogP contribution in [0.1, 0.15) is 17.5 Å². The number of carbonyl (C=O) groups excluding carboxylic acids is 1. The van der Waals surface area contributed by atoms with Crippen LogP contribution < -0.4 is 11.1 Å². The van der Waals surface area contributed by atoms with Crippen molar-refractivity contribution in [2.75, 3.05) is 5.32 Å². The van der Waals surface area contributed by atoms with Crippen molar-refractivity contribution in [3.05, 3.63) is 65.2 Å². The Hall–Kier alpha value is -2.43. The van der Waals surface area contributed by atoms with Crippen molar-refractivity contribution < 1.29 is 13.6 Å². The quantitative estimate of drug-likeness (QED) is 0.912. The van der Waals surface area contributed by atoms with E-state index in [0.29, 0.717) is 18.4 Å². The summed E-state index contributed by atoms with van der Waals surface area (Å²) in [5.74, 6) is -1.43. The summed E-state index contributed by atoms with van der Waals surface area (Å²) in [6, 6.07) is 10.3. The zero-order chi connectivity index (χ0) is 15.0. The van der Waals surface area contributed by atoms with Crippen LogP contribution in [-0.2, 0) is 16.8 Å². The molecule has 3 rings (SSSR count). The van der Waals surface area contributed by atoms with Gasteiger partial charge in [0.05, 0.1) is 5.69 Å². The van der Waals surface area contributed by atoms with E-state index >= 15 is 0 Å². The van der Waals surface area contributed by atoms with E-state index in [1.54, 1.807) is 18.2 Å². The third-order valence-corrected chi connectivity index (χ3v) is 3.94. The minimum Gasteiger partial charge on any atom is -0.367 e. The van der Waals surface area contributed by atoms with Crippen LogP contribution in [0.15, 0.2) is 42.5 Å². The summed E-state index contributed by atoms with van der Waals surface area (Å²) in [6.45, 7) is 0. The molecule has 0 bridgehead atoms. The molecule has 1 aliphatic carbocycles. The number of carbonyl (C=O) groups is 1. The van der Waals surface area contributed by atoms with Crippen LogP contribution in [0, 0.1) is 11.6 Å². The molecule has 3 N–H and O–H groups in total. The summed E-state index contributed by atoms with van der Waals surface area (Å²) in [5.41, 5.74) is 5.90. The lowest BCUT2D eigenvalue weighted by Gasteiger charge is -2.29. The molecule has 0 radical (unpaired) electrons. The lowest BCUT2D eigenvalue weighted by molar-refractivity contribution is -0.122. The molecule has 0 aromatic heterocycles. The lowest BCUT2D eigenvalue weighted by atomic mass is 9.90. The SMILES string of the molecule is NC(=O)C1(Nc2ccccc2F)CCc2cc(F)ccc21. The van der Waals surface area contributed by atoms with Gasteiger partial charge in [-0.1, -0.05) is 18.2 Å². The summed E-state index contributed by atoms with van der Waals surface area (Å²) in [5, 5.41) is 2.93. The fraction of sp³-hybridized carbons (Fsp3) is 0.188. The molecule has 2 aromatic carbocycles. The predicted molar refractivity (Wildman–Crippen MR) is 75.6 cm³/mol. The summed E-state index contributed by atoms with van der Waals surface area (Å²) in [4.78, 5) is 12.0. The van der Waals surface area contributed by atoms with Crippen LogP contribution in [0.25, 0.3) is 0 Å². The van der Waals surface area contributed by atoms with Crippen molar-refractivity contribution in [1.82, 2.24) is 0 Å². The van der Waals surface area contributed by atoms with E-state index in [-0.39, 0.29) is 11.5 Å². The zero-order valence-corrected chi connectivity index (χ0v) is 11.2. The second kappa shape index (κ2) is 4.84. The van der Waals surface area contributed by atoms with Crippen molar-refractivity contribution in [2.24, 2.45) is 5.73 Å². The molecule has 1 amide bonds. The standard InChI is InChI=1S/C16H14F2N2O/c17-11-5-6-12-10(9-11)7-8-16(12,15(19)21)20-14-4-2-1-3-13(14)18/h1-6,9,20H,7-8H2,(H2,19,21). The third-order valence-electron chi connectivity index (χ3n) is 3.94. The number of primary amides is 1. The highest BCUT2D eigenvalue weighted by molar-refractivity contribution is 5.91. The number of nitrogens with one attached hydrogen (secondary N) is 1. The van der Waals surface area contributed by atoms with E-state index in [2.05, 4.69) is 5.32 Å². The Bertz CT molecular complexity index is 717. The number of halogens is 2. The Morgan fingerprint density at radius 1 is 1.19 bits per heavy atom. The van der Waals surface area contributed by atoms with Gasteiger partial charge in [0.1, 0.15) is 17.2 Å². The van der Waals surface area contributed by atoms with E-state index in [0.717, 1.165) is 5.56 Å². The molecule has 1 aliphatic rings. The van der Waals surface area contributed by atoms with E-state index in [1.807, 2.05) is 0 Å². The first-order valence-corrected chi connectivity index (χ1v) is 6.64. The molecular formula is C16H14F2N2O. The molecule has 3 nitrogen and oxygen atoms in total. The molecule has 0 fully saturated rings. The maximum Gasteiger partial charge on any atom is 0.247 e. The Morgan fingerprint density at radius 3 is 2.67 bits per heavy atom. The van der Waals surface area contributed by atoms with Crippen LogP contribution in [0.2, 0.25) is 0 Å². The molecule has 2 aromatic rings. The number of rotatable bonds is 3. The number of hydrogen-bond donors (Lipinski definition) is 2. The van der Waals surface area contributed by atoms with Crippen molar-refractivity contribution >= 4 is 11.6 Å². The Labute approximate surface area is 120 Å². The molecule has 0 spiro atoms. The van der Waals surface area contributed by atoms with Crippen molar-refractivity contribution in [1.29, 1.82) is 0 Å². The van der Waals surface area contributed by atoms with Gasteiger partial charge in [-0.3, -0.25) is 4.79 Å². The Balaban J connectivity index is 2.08. The second-order valence-corrected chi connectivity index (χ2v) is 5.18. The molecule has 0 saturated carbocycles. The average molecular weight is 288 g/mol. The van der Waals surface area contributed by atoms with Crippen molar-refractivity contribution in [3.63, 3.8) is 0 Å². The van der Waals surface area contributed by atoms with Gasteiger partial charge in [-0.15, -0.1) is 0 Å². The van der Waals surface area contributed by atoms with Crippen LogP contribution in [0.5, 0.6) is 0 Å². The molecular weight excluding hydrogens is 274 g/mol. The number of hydrogen-bond acceptors (Lipinski definition) is 2. The fourth-order valence-corrected chi connectivity index (χ4v) is 2.88. The first-order valence-electron chi connectivity index (χ1n) is 6.64. The van der Waals surface area contributed by atoms with Gasteiger partial charge in [0.25, 0.3) is 0 Å². The van der Waals surface area contributed by atoms with Crippen LogP contribution in [0.3, 0.4) is 0 Å². The minimum absolute atomic E-state index is 0.202. The molecule has 0 heterocycles. The molecule has 1 atom stereocenters. The van der Waals surface area contributed by atoms with Crippen LogP contribution in [-0.4, -0.2) is 5.91 Å². The van der Waals surface area contributed by atoms with E-state index < -0.39 is 17.3 Å². The molecule has 0 saturated heterocycles. The van der Waals surface area contributed by atoms with Gasteiger partial charge in [-0.25, -0.2) is 8.78 Å². The summed E-state index contributed by atoms with van der Waals surface area (Å²) in [6.07, 6.45) is 0.882. The van der Waals surface area contributed by atoms with Crippen molar-refractivity contribution in [3.8, 4) is 0 Å². The van der Waals surface area contributed by atoms with Gasteiger partial charge in [-0.05, 0) is 48.2 Å². The summed E-state index contributed by atoms with van der Waals surface area (Å²) < 4.78 is 27.2. The van der Waals surface area contributed by atoms with Crippen LogP contribution in [0.4, 0.5) is 14.5 Å². The number of fused-ring (bicyclic) bond motifs is 1. The molecule has 21 heavy (non-hydrogen) atoms. The van der Waals surface area contributed by atoms with Gasteiger partial charge in [0, 0.05) is 0 Å². The highest BCUT2D eigenvalue weighted by Gasteiger charge is 2.44. The lowest BCUT2D eigenvalue weighted by Crippen LogP contribution is -2.46. The topological polar surface area (TPSA) is 55.1 Å². The predicted octanol–water partition coefficient (Wildman–Crippen LogP) is 2.70. The fourth-order valence-electron chi connectivity index (χ4n) is 2.88. The van der Waals surface area contributed by atoms with Gasteiger partial charge in [0.15, 0.2) is 0 Å². The third kappa shape index (κ3) is 2.14. The number of aryl methyl sites for hydroxylation is 1. The molecule has 0 aliphatic heterocycles.